The summed E-state index contributed by atoms with van der Waals surface area (Å²) in [5.74, 6) is 0.360. The van der Waals surface area contributed by atoms with Gasteiger partial charge in [-0.25, -0.2) is 0 Å². The number of carbonyl (C=O) groups is 1. The number of nitrogens with zero attached hydrogens (tertiary/aromatic N) is 5. The number of rotatable bonds is 13. The average Bonchev–Trinajstić information content (AvgIpc) is 3.65. The molecule has 0 bridgehead atoms. The predicted molar refractivity (Wildman–Crippen MR) is 212 cm³/mol. The van der Waals surface area contributed by atoms with Gasteiger partial charge >= 0.3 is 0 Å². The Morgan fingerprint density at radius 2 is 1.44 bits per heavy atom. The van der Waals surface area contributed by atoms with Crippen LogP contribution in [0.3, 0.4) is 0 Å². The van der Waals surface area contributed by atoms with E-state index in [2.05, 4.69) is 63.1 Å². The fourth-order valence-electron chi connectivity index (χ4n) is 7.55. The van der Waals surface area contributed by atoms with Gasteiger partial charge in [0.2, 0.25) is 0 Å². The van der Waals surface area contributed by atoms with Crippen LogP contribution in [0.25, 0.3) is 0 Å². The molecule has 4 aromatic rings. The molecule has 1 saturated heterocycles. The van der Waals surface area contributed by atoms with E-state index < -0.39 is 0 Å². The van der Waals surface area contributed by atoms with E-state index >= 15 is 0 Å². The molecule has 1 aliphatic carbocycles. The molecule has 2 aliphatic rings. The molecule has 6 rings (SSSR count). The molecule has 0 N–H and O–H groups in total. The van der Waals surface area contributed by atoms with Gasteiger partial charge in [-0.2, -0.15) is 0 Å². The van der Waals surface area contributed by atoms with Gasteiger partial charge < -0.3 is 14.2 Å². The molecule has 11 heteroatoms. The Hall–Kier alpha value is -2.65. The molecule has 3 aromatic heterocycles. The third-order valence-corrected chi connectivity index (χ3v) is 10.3. The van der Waals surface area contributed by atoms with E-state index in [1.165, 1.54) is 61.6 Å². The maximum atomic E-state index is 13.6. The summed E-state index contributed by atoms with van der Waals surface area (Å²) >= 11 is 0. The number of hydrogen-bond donors (Lipinski definition) is 0. The number of likely N-dealkylation sites (tertiary alicyclic amines) is 1. The highest BCUT2D eigenvalue weighted by Crippen LogP contribution is 2.43. The highest BCUT2D eigenvalue weighted by atomic mass is 35.5. The van der Waals surface area contributed by atoms with Crippen LogP contribution in [0.1, 0.15) is 85.0 Å². The molecular formula is C39H53Cl4N5O2. The Labute approximate surface area is 323 Å². The summed E-state index contributed by atoms with van der Waals surface area (Å²) in [4.78, 5) is 29.6. The van der Waals surface area contributed by atoms with Gasteiger partial charge in [-0.15, -0.1) is 49.6 Å². The molecule has 2 fully saturated rings. The first-order chi connectivity index (χ1) is 22.6. The number of halogens is 4. The number of piperidine rings is 1. The molecule has 4 heterocycles. The van der Waals surface area contributed by atoms with E-state index in [-0.39, 0.29) is 61.6 Å². The minimum atomic E-state index is -0.0458. The lowest BCUT2D eigenvalue weighted by molar-refractivity contribution is 0.0892. The molecule has 7 nitrogen and oxygen atoms in total. The van der Waals surface area contributed by atoms with Crippen molar-refractivity contribution in [3.8, 4) is 0 Å². The SMILES string of the molecule is Cc1ccc(N(C(=O)c2ccco2)C2CCN(CCC3(CCN(Cc4cccnc4)Cc4cccnc4)CCCCC3)CC2)cc1.Cl.Cl.Cl.Cl. The van der Waals surface area contributed by atoms with Crippen LogP contribution in [0.15, 0.2) is 96.1 Å². The van der Waals surface area contributed by atoms with Gasteiger partial charge in [-0.05, 0) is 111 Å². The number of anilines is 1. The Morgan fingerprint density at radius 3 is 1.98 bits per heavy atom. The summed E-state index contributed by atoms with van der Waals surface area (Å²) in [5, 5.41) is 0. The standard InChI is InChI=1S/C39H49N5O2.4ClH/c1-32-11-13-35(14-12-32)44(38(45)37-10-7-27-46-37)36-15-23-42(24-16-36)25-19-39(17-3-2-4-18-39)20-26-43(30-33-8-5-21-40-28-33)31-34-9-6-22-41-29-34;;;;/h5-14,21-22,27-29,36H,2-4,15-20,23-26,30-31H2,1H3;4*1H. The van der Waals surface area contributed by atoms with E-state index in [0.29, 0.717) is 11.2 Å². The van der Waals surface area contributed by atoms with Crippen LogP contribution in [-0.4, -0.2) is 57.9 Å². The van der Waals surface area contributed by atoms with E-state index in [4.69, 9.17) is 4.42 Å². The molecular weight excluding hydrogens is 712 g/mol. The van der Waals surface area contributed by atoms with E-state index in [1.54, 1.807) is 18.4 Å². The van der Waals surface area contributed by atoms with Crippen molar-refractivity contribution < 1.29 is 9.21 Å². The third-order valence-electron chi connectivity index (χ3n) is 10.3. The Balaban J connectivity index is 0.00000217. The number of aromatic nitrogens is 2. The smallest absolute Gasteiger partial charge is 0.294 e. The molecule has 50 heavy (non-hydrogen) atoms. The fraction of sp³-hybridized carbons (Fsp3) is 0.462. The number of furan rings is 1. The molecule has 274 valence electrons. The predicted octanol–water partition coefficient (Wildman–Crippen LogP) is 9.61. The summed E-state index contributed by atoms with van der Waals surface area (Å²) in [5.41, 5.74) is 5.06. The second-order valence-electron chi connectivity index (χ2n) is 13.6. The second-order valence-corrected chi connectivity index (χ2v) is 13.6. The highest BCUT2D eigenvalue weighted by molar-refractivity contribution is 6.04. The first kappa shape index (κ1) is 43.5. The molecule has 0 spiro atoms. The summed E-state index contributed by atoms with van der Waals surface area (Å²) in [6, 6.07) is 20.5. The zero-order chi connectivity index (χ0) is 31.6. The maximum Gasteiger partial charge on any atom is 0.294 e. The van der Waals surface area contributed by atoms with Crippen LogP contribution in [0.5, 0.6) is 0 Å². The lowest BCUT2D eigenvalue weighted by Gasteiger charge is -2.42. The molecule has 0 unspecified atom stereocenters. The molecule has 1 amide bonds. The second kappa shape index (κ2) is 21.7. The number of carbonyl (C=O) groups excluding carboxylic acids is 1. The van der Waals surface area contributed by atoms with Crippen LogP contribution >= 0.6 is 49.6 Å². The monoisotopic (exact) mass is 763 g/mol. The van der Waals surface area contributed by atoms with Gasteiger partial charge in [0.05, 0.1) is 6.26 Å². The Kier molecular flexibility index (Phi) is 18.8. The van der Waals surface area contributed by atoms with E-state index in [9.17, 15) is 4.79 Å². The summed E-state index contributed by atoms with van der Waals surface area (Å²) < 4.78 is 5.55. The summed E-state index contributed by atoms with van der Waals surface area (Å²) in [6.07, 6.45) is 20.4. The van der Waals surface area contributed by atoms with Gasteiger partial charge in [-0.3, -0.25) is 19.7 Å². The van der Waals surface area contributed by atoms with Crippen LogP contribution in [-0.2, 0) is 13.1 Å². The third kappa shape index (κ3) is 12.0. The van der Waals surface area contributed by atoms with Crippen LogP contribution in [0, 0.1) is 12.3 Å². The van der Waals surface area contributed by atoms with E-state index in [0.717, 1.165) is 57.8 Å². The minimum absolute atomic E-state index is 0. The molecule has 1 aliphatic heterocycles. The highest BCUT2D eigenvalue weighted by Gasteiger charge is 2.35. The summed E-state index contributed by atoms with van der Waals surface area (Å²) in [6.45, 7) is 8.13. The van der Waals surface area contributed by atoms with Crippen molar-refractivity contribution in [2.75, 3.05) is 31.1 Å². The Bertz CT molecular complexity index is 1440. The lowest BCUT2D eigenvalue weighted by Crippen LogP contribution is -2.48. The van der Waals surface area contributed by atoms with Crippen molar-refractivity contribution in [2.24, 2.45) is 5.41 Å². The van der Waals surface area contributed by atoms with Crippen molar-refractivity contribution >= 4 is 61.2 Å². The molecule has 1 aromatic carbocycles. The normalized spacial score (nSPS) is 15.9. The van der Waals surface area contributed by atoms with E-state index in [1.807, 2.05) is 41.8 Å². The first-order valence-electron chi connectivity index (χ1n) is 17.2. The van der Waals surface area contributed by atoms with Crippen LogP contribution in [0.2, 0.25) is 0 Å². The first-order valence-corrected chi connectivity index (χ1v) is 17.2. The van der Waals surface area contributed by atoms with Gasteiger partial charge in [0.25, 0.3) is 5.91 Å². The maximum absolute atomic E-state index is 13.6. The van der Waals surface area contributed by atoms with Crippen LogP contribution in [0.4, 0.5) is 5.69 Å². The lowest BCUT2D eigenvalue weighted by atomic mass is 9.69. The van der Waals surface area contributed by atoms with Gasteiger partial charge in [0.15, 0.2) is 5.76 Å². The number of benzene rings is 1. The summed E-state index contributed by atoms with van der Waals surface area (Å²) in [7, 11) is 0. The number of pyridine rings is 2. The largest absolute Gasteiger partial charge is 0.459 e. The van der Waals surface area contributed by atoms with Gasteiger partial charge in [0, 0.05) is 62.7 Å². The van der Waals surface area contributed by atoms with Gasteiger partial charge in [-0.1, -0.05) is 49.1 Å². The minimum Gasteiger partial charge on any atom is -0.459 e. The van der Waals surface area contributed by atoms with Crippen molar-refractivity contribution in [3.63, 3.8) is 0 Å². The van der Waals surface area contributed by atoms with Crippen molar-refractivity contribution in [2.45, 2.75) is 83.8 Å². The average molecular weight is 766 g/mol. The topological polar surface area (TPSA) is 65.7 Å². The fourth-order valence-corrected chi connectivity index (χ4v) is 7.55. The number of aryl methyl sites for hydroxylation is 1. The molecule has 0 radical (unpaired) electrons. The van der Waals surface area contributed by atoms with Crippen LogP contribution < -0.4 is 4.90 Å². The zero-order valence-electron chi connectivity index (χ0n) is 29.0. The molecule has 1 saturated carbocycles. The Morgan fingerprint density at radius 1 is 0.820 bits per heavy atom. The number of amides is 1. The quantitative estimate of drug-likeness (QED) is 0.135. The zero-order valence-corrected chi connectivity index (χ0v) is 32.3. The van der Waals surface area contributed by atoms with Crippen molar-refractivity contribution in [1.82, 2.24) is 19.8 Å². The van der Waals surface area contributed by atoms with Crippen molar-refractivity contribution in [3.05, 3.63) is 114 Å². The number of hydrogen-bond acceptors (Lipinski definition) is 6. The van der Waals surface area contributed by atoms with Crippen molar-refractivity contribution in [1.29, 1.82) is 0 Å². The molecule has 0 atom stereocenters. The van der Waals surface area contributed by atoms with Gasteiger partial charge in [0.1, 0.15) is 0 Å².